The van der Waals surface area contributed by atoms with Gasteiger partial charge in [0.05, 0.1) is 42.5 Å². The van der Waals surface area contributed by atoms with Crippen LogP contribution in [0.2, 0.25) is 0 Å². The minimum atomic E-state index is -4.63. The van der Waals surface area contributed by atoms with Gasteiger partial charge in [-0.25, -0.2) is 23.1 Å². The minimum Gasteiger partial charge on any atom is -0.312 e. The van der Waals surface area contributed by atoms with Gasteiger partial charge in [-0.2, -0.15) is 18.4 Å². The maximum absolute atomic E-state index is 12.8. The first-order valence-corrected chi connectivity index (χ1v) is 11.7. The van der Waals surface area contributed by atoms with Crippen LogP contribution >= 0.6 is 11.3 Å². The topological polar surface area (TPSA) is 129 Å². The van der Waals surface area contributed by atoms with E-state index in [1.165, 1.54) is 0 Å². The summed E-state index contributed by atoms with van der Waals surface area (Å²) in [4.78, 5) is 25.7. The molecule has 172 valence electrons. The zero-order valence-electron chi connectivity index (χ0n) is 17.1. The molecule has 9 nitrogen and oxygen atoms in total. The second-order valence-corrected chi connectivity index (χ2v) is 9.67. The highest BCUT2D eigenvalue weighted by Gasteiger charge is 2.33. The fraction of sp³-hybridized carbons (Fsp3) is 0.211. The molecule has 2 aromatic heterocycles. The van der Waals surface area contributed by atoms with Crippen molar-refractivity contribution in [3.05, 3.63) is 64.2 Å². The Hall–Kier alpha value is -3.57. The Kier molecular flexibility index (Phi) is 6.65. The van der Waals surface area contributed by atoms with Crippen LogP contribution < -0.4 is 9.62 Å². The third-order valence-corrected chi connectivity index (χ3v) is 5.68. The van der Waals surface area contributed by atoms with Crippen LogP contribution in [-0.2, 0) is 22.7 Å². The van der Waals surface area contributed by atoms with Crippen molar-refractivity contribution >= 4 is 38.1 Å². The lowest BCUT2D eigenvalue weighted by Gasteiger charge is -2.21. The molecule has 0 aliphatic rings. The summed E-state index contributed by atoms with van der Waals surface area (Å²) in [5.41, 5.74) is -0.169. The van der Waals surface area contributed by atoms with Crippen molar-refractivity contribution in [2.24, 2.45) is 0 Å². The van der Waals surface area contributed by atoms with Crippen LogP contribution in [0.25, 0.3) is 0 Å². The molecule has 0 fully saturated rings. The number of rotatable bonds is 6. The molecule has 3 aromatic rings. The predicted molar refractivity (Wildman–Crippen MR) is 113 cm³/mol. The molecular weight excluding hydrogens is 481 g/mol. The van der Waals surface area contributed by atoms with Gasteiger partial charge in [-0.15, -0.1) is 11.3 Å². The molecule has 1 amide bonds. The Balaban J connectivity index is 2.00. The Morgan fingerprint density at radius 2 is 1.88 bits per heavy atom. The number of nitrogens with one attached hydrogen (secondary N) is 1. The third-order valence-electron chi connectivity index (χ3n) is 4.13. The van der Waals surface area contributed by atoms with Crippen molar-refractivity contribution in [2.45, 2.75) is 19.6 Å². The smallest absolute Gasteiger partial charge is 0.312 e. The average Bonchev–Trinajstić information content (AvgIpc) is 3.12. The van der Waals surface area contributed by atoms with Gasteiger partial charge in [0.15, 0.2) is 10.8 Å². The maximum Gasteiger partial charge on any atom is 0.434 e. The number of nitrogens with zero attached hydrogens (tertiary/aromatic N) is 5. The fourth-order valence-corrected chi connectivity index (χ4v) is 4.01. The van der Waals surface area contributed by atoms with Gasteiger partial charge in [0.25, 0.3) is 5.91 Å². The fourth-order valence-electron chi connectivity index (χ4n) is 2.66. The summed E-state index contributed by atoms with van der Waals surface area (Å²) in [6, 6.07) is 8.26. The molecule has 0 saturated heterocycles. The Bertz CT molecular complexity index is 1310. The molecule has 33 heavy (non-hydrogen) atoms. The first kappa shape index (κ1) is 24.1. The number of thiazole rings is 1. The van der Waals surface area contributed by atoms with Gasteiger partial charge >= 0.3 is 6.18 Å². The second kappa shape index (κ2) is 9.12. The summed E-state index contributed by atoms with van der Waals surface area (Å²) in [6.07, 6.45) is -2.20. The summed E-state index contributed by atoms with van der Waals surface area (Å²) in [5, 5.41) is 9.29. The van der Waals surface area contributed by atoms with E-state index in [0.717, 1.165) is 23.8 Å². The number of alkyl halides is 3. The van der Waals surface area contributed by atoms with Crippen molar-refractivity contribution in [1.82, 2.24) is 19.7 Å². The minimum absolute atomic E-state index is 0.0584. The Morgan fingerprint density at radius 3 is 2.39 bits per heavy atom. The van der Waals surface area contributed by atoms with Crippen molar-refractivity contribution in [1.29, 1.82) is 5.26 Å². The highest BCUT2D eigenvalue weighted by molar-refractivity contribution is 7.89. The lowest BCUT2D eigenvalue weighted by atomic mass is 10.2. The number of benzene rings is 1. The molecule has 0 radical (unpaired) electrons. The number of sulfonamides is 1. The van der Waals surface area contributed by atoms with E-state index in [1.54, 1.807) is 36.1 Å². The number of hydrogen-bond donors (Lipinski definition) is 1. The van der Waals surface area contributed by atoms with Crippen molar-refractivity contribution in [3.63, 3.8) is 0 Å². The number of carbonyl (C=O) groups excluding carboxylic acids is 1. The van der Waals surface area contributed by atoms with E-state index >= 15 is 0 Å². The summed E-state index contributed by atoms with van der Waals surface area (Å²) in [6.45, 7) is 1.52. The Morgan fingerprint density at radius 1 is 1.21 bits per heavy atom. The summed E-state index contributed by atoms with van der Waals surface area (Å²) < 4.78 is 63.0. The van der Waals surface area contributed by atoms with E-state index in [1.807, 2.05) is 10.8 Å². The monoisotopic (exact) mass is 496 g/mol. The van der Waals surface area contributed by atoms with Crippen LogP contribution in [-0.4, -0.2) is 35.5 Å². The lowest BCUT2D eigenvalue weighted by Crippen LogP contribution is -2.30. The number of anilines is 2. The highest BCUT2D eigenvalue weighted by Crippen LogP contribution is 2.33. The van der Waals surface area contributed by atoms with E-state index < -0.39 is 27.8 Å². The molecule has 1 aromatic carbocycles. The molecule has 3 rings (SSSR count). The number of aromatic nitrogens is 3. The van der Waals surface area contributed by atoms with Gasteiger partial charge in [0.1, 0.15) is 5.69 Å². The van der Waals surface area contributed by atoms with Gasteiger partial charge in [0.2, 0.25) is 10.0 Å². The number of nitriles is 1. The number of hydrogen-bond acceptors (Lipinski definition) is 9. The maximum atomic E-state index is 12.8. The van der Waals surface area contributed by atoms with Gasteiger partial charge in [-0.3, -0.25) is 9.78 Å². The summed E-state index contributed by atoms with van der Waals surface area (Å²) in [7, 11) is -3.81. The van der Waals surface area contributed by atoms with Crippen LogP contribution in [0.3, 0.4) is 0 Å². The van der Waals surface area contributed by atoms with Gasteiger partial charge in [-0.1, -0.05) is 0 Å². The van der Waals surface area contributed by atoms with Crippen LogP contribution in [0.15, 0.2) is 36.7 Å². The number of aryl methyl sites for hydroxylation is 1. The molecule has 0 aliphatic heterocycles. The molecule has 0 spiro atoms. The van der Waals surface area contributed by atoms with Gasteiger partial charge in [-0.05, 0) is 31.2 Å². The zero-order chi connectivity index (χ0) is 24.4. The molecule has 0 unspecified atom stereocenters. The molecular formula is C19H15F3N6O3S2. The van der Waals surface area contributed by atoms with E-state index in [4.69, 9.17) is 5.26 Å². The zero-order valence-corrected chi connectivity index (χ0v) is 18.7. The predicted octanol–water partition coefficient (Wildman–Crippen LogP) is 3.16. The van der Waals surface area contributed by atoms with E-state index in [9.17, 15) is 26.4 Å². The molecule has 2 heterocycles. The van der Waals surface area contributed by atoms with Crippen LogP contribution in [0.4, 0.5) is 24.0 Å². The van der Waals surface area contributed by atoms with E-state index in [-0.39, 0.29) is 23.1 Å². The Labute approximate surface area is 190 Å². The summed E-state index contributed by atoms with van der Waals surface area (Å²) in [5.74, 6) is -0.911. The van der Waals surface area contributed by atoms with Gasteiger partial charge in [0, 0.05) is 10.6 Å². The number of halogens is 3. The molecule has 0 saturated carbocycles. The molecule has 1 N–H and O–H groups in total. The normalized spacial score (nSPS) is 11.6. The van der Waals surface area contributed by atoms with E-state index in [0.29, 0.717) is 22.3 Å². The second-order valence-electron chi connectivity index (χ2n) is 6.74. The molecule has 0 aliphatic carbocycles. The third kappa shape index (κ3) is 6.02. The van der Waals surface area contributed by atoms with Crippen LogP contribution in [0, 0.1) is 18.3 Å². The largest absolute Gasteiger partial charge is 0.434 e. The quantitative estimate of drug-likeness (QED) is 0.551. The van der Waals surface area contributed by atoms with Crippen molar-refractivity contribution in [2.75, 3.05) is 11.2 Å². The highest BCUT2D eigenvalue weighted by atomic mass is 32.2. The first-order valence-electron chi connectivity index (χ1n) is 9.03. The van der Waals surface area contributed by atoms with E-state index in [2.05, 4.69) is 15.0 Å². The first-order chi connectivity index (χ1) is 15.4. The van der Waals surface area contributed by atoms with Crippen molar-refractivity contribution < 1.29 is 26.4 Å². The van der Waals surface area contributed by atoms with Crippen LogP contribution in [0.1, 0.15) is 32.3 Å². The molecule has 14 heteroatoms. The average molecular weight is 496 g/mol. The summed E-state index contributed by atoms with van der Waals surface area (Å²) >= 11 is 1.07. The molecule has 0 atom stereocenters. The van der Waals surface area contributed by atoms with Crippen LogP contribution in [0.5, 0.6) is 0 Å². The van der Waals surface area contributed by atoms with Gasteiger partial charge < -0.3 is 4.90 Å². The lowest BCUT2D eigenvalue weighted by molar-refractivity contribution is -0.141. The molecule has 0 bridgehead atoms. The standard InChI is InChI=1S/C19H15F3N6O3S2/c1-11-16(17(29)27-33(2,30)31)26-18(32-11)28(14-5-3-12(7-23)4-6-14)10-13-8-25-15(9-24-13)19(20,21)22/h3-6,8-9H,10H2,1-2H3,(H,27,29). The SMILES string of the molecule is Cc1sc(N(Cc2cnc(C(F)(F)F)cn2)c2ccc(C#N)cc2)nc1C(=O)NS(C)(=O)=O. The number of carbonyl (C=O) groups is 1. The van der Waals surface area contributed by atoms with Crippen molar-refractivity contribution in [3.8, 4) is 6.07 Å². The number of amides is 1.